The highest BCUT2D eigenvalue weighted by Crippen LogP contribution is 2.67. The highest BCUT2D eigenvalue weighted by Gasteiger charge is 2.74. The Labute approximate surface area is 208 Å². The van der Waals surface area contributed by atoms with Gasteiger partial charge >= 0.3 is 24.3 Å². The van der Waals surface area contributed by atoms with Crippen molar-refractivity contribution in [2.45, 2.75) is 92.1 Å². The maximum atomic E-state index is 13.7. The van der Waals surface area contributed by atoms with E-state index in [0.29, 0.717) is 12.8 Å². The van der Waals surface area contributed by atoms with Crippen molar-refractivity contribution in [2.75, 3.05) is 0 Å². The number of carboxylic acid groups (broad SMARTS) is 1. The minimum absolute atomic E-state index is 0.0239. The van der Waals surface area contributed by atoms with E-state index in [1.165, 1.54) is 0 Å². The van der Waals surface area contributed by atoms with Crippen LogP contribution < -0.4 is 0 Å². The van der Waals surface area contributed by atoms with Crippen molar-refractivity contribution in [3.63, 3.8) is 0 Å². The second-order valence-corrected chi connectivity index (χ2v) is 12.8. The molecule has 10 unspecified atom stereocenters. The number of fused-ring (bicyclic) bond motifs is 4. The smallest absolute Gasteiger partial charge is 0.405 e. The molecule has 0 radical (unpaired) electrons. The van der Waals surface area contributed by atoms with Crippen molar-refractivity contribution in [3.05, 3.63) is 0 Å². The first kappa shape index (κ1) is 29.1. The number of alkyl halides is 6. The lowest BCUT2D eigenvalue weighted by atomic mass is 9.65. The number of halogens is 6. The van der Waals surface area contributed by atoms with Crippen LogP contribution in [0.4, 0.5) is 26.3 Å². The number of carboxylic acids is 1. The van der Waals surface area contributed by atoms with Crippen molar-refractivity contribution in [3.8, 4) is 0 Å². The fourth-order valence-electron chi connectivity index (χ4n) is 7.81. The predicted octanol–water partition coefficient (Wildman–Crippen LogP) is 7.12. The van der Waals surface area contributed by atoms with Gasteiger partial charge in [0.1, 0.15) is 5.60 Å². The molecule has 0 saturated heterocycles. The first-order valence-corrected chi connectivity index (χ1v) is 12.7. The summed E-state index contributed by atoms with van der Waals surface area (Å²) in [4.78, 5) is 23.4. The molecule has 4 bridgehead atoms. The molecule has 4 nitrogen and oxygen atoms in total. The molecule has 0 aromatic carbocycles. The Kier molecular flexibility index (Phi) is 7.10. The number of hydrogen-bond acceptors (Lipinski definition) is 3. The Bertz CT molecular complexity index is 873. The van der Waals surface area contributed by atoms with Crippen LogP contribution in [0.3, 0.4) is 0 Å². The molecule has 4 saturated carbocycles. The van der Waals surface area contributed by atoms with Crippen molar-refractivity contribution >= 4 is 11.9 Å². The standard InChI is InChI=1S/C15H23F3O2.C11H15F3O2/c1-8-9(2)11-6-10(8)7-14(11,15(16,17)18)12(19)20-13(3,4)5;1-5-6(2)8-3-7(5)4-10(8,9(15)16)11(12,13)14/h8-11H,6-7H2,1-5H3;5-8H,3-4H2,1-2H3,(H,15,16). The zero-order chi connectivity index (χ0) is 27.8. The summed E-state index contributed by atoms with van der Waals surface area (Å²) in [6.07, 6.45) is -8.62. The maximum absolute atomic E-state index is 13.7. The number of carbonyl (C=O) groups is 2. The third-order valence-corrected chi connectivity index (χ3v) is 10.1. The van der Waals surface area contributed by atoms with Crippen LogP contribution in [-0.4, -0.2) is 35.0 Å². The molecular weight excluding hydrogens is 490 g/mol. The summed E-state index contributed by atoms with van der Waals surface area (Å²) in [5, 5.41) is 9.01. The van der Waals surface area contributed by atoms with Gasteiger partial charge in [-0.2, -0.15) is 26.3 Å². The average Bonchev–Trinajstić information content (AvgIpc) is 3.42. The van der Waals surface area contributed by atoms with E-state index >= 15 is 0 Å². The Morgan fingerprint density at radius 3 is 1.36 bits per heavy atom. The van der Waals surface area contributed by atoms with E-state index in [1.807, 2.05) is 20.8 Å². The van der Waals surface area contributed by atoms with E-state index in [2.05, 4.69) is 0 Å². The first-order chi connectivity index (χ1) is 16.1. The Morgan fingerprint density at radius 1 is 0.722 bits per heavy atom. The second-order valence-electron chi connectivity index (χ2n) is 12.8. The highest BCUT2D eigenvalue weighted by molar-refractivity contribution is 5.79. The molecule has 208 valence electrons. The van der Waals surface area contributed by atoms with Crippen LogP contribution >= 0.6 is 0 Å². The van der Waals surface area contributed by atoms with E-state index in [-0.39, 0.29) is 48.3 Å². The third-order valence-electron chi connectivity index (χ3n) is 10.1. The Balaban J connectivity index is 0.000000205. The number of esters is 1. The summed E-state index contributed by atoms with van der Waals surface area (Å²) in [5.74, 6) is -4.06. The lowest BCUT2D eigenvalue weighted by Gasteiger charge is -2.43. The fourth-order valence-corrected chi connectivity index (χ4v) is 7.81. The first-order valence-electron chi connectivity index (χ1n) is 12.7. The van der Waals surface area contributed by atoms with Gasteiger partial charge in [0.2, 0.25) is 0 Å². The number of ether oxygens (including phenoxy) is 1. The number of carbonyl (C=O) groups excluding carboxylic acids is 1. The van der Waals surface area contributed by atoms with Gasteiger partial charge in [-0.3, -0.25) is 9.59 Å². The summed E-state index contributed by atoms with van der Waals surface area (Å²) in [5.41, 5.74) is -5.67. The monoisotopic (exact) mass is 528 g/mol. The van der Waals surface area contributed by atoms with Crippen molar-refractivity contribution in [1.29, 1.82) is 0 Å². The van der Waals surface area contributed by atoms with Crippen molar-refractivity contribution in [1.82, 2.24) is 0 Å². The fraction of sp³-hybridized carbons (Fsp3) is 0.923. The molecule has 0 aromatic rings. The lowest BCUT2D eigenvalue weighted by Crippen LogP contribution is -2.54. The van der Waals surface area contributed by atoms with Crippen LogP contribution in [0, 0.1) is 58.2 Å². The van der Waals surface area contributed by atoms with Crippen molar-refractivity contribution in [2.24, 2.45) is 58.2 Å². The number of aliphatic carboxylic acids is 1. The van der Waals surface area contributed by atoms with Gasteiger partial charge in [0.25, 0.3) is 0 Å². The van der Waals surface area contributed by atoms with E-state index in [0.717, 1.165) is 0 Å². The molecule has 10 heteroatoms. The molecule has 10 atom stereocenters. The van der Waals surface area contributed by atoms with Gasteiger partial charge in [-0.05, 0) is 93.8 Å². The van der Waals surface area contributed by atoms with Gasteiger partial charge in [0.05, 0.1) is 0 Å². The number of hydrogen-bond donors (Lipinski definition) is 1. The molecule has 0 aliphatic heterocycles. The van der Waals surface area contributed by atoms with Gasteiger partial charge in [0.15, 0.2) is 10.8 Å². The van der Waals surface area contributed by atoms with E-state index in [1.54, 1.807) is 27.7 Å². The summed E-state index contributed by atoms with van der Waals surface area (Å²) >= 11 is 0. The predicted molar refractivity (Wildman–Crippen MR) is 120 cm³/mol. The van der Waals surface area contributed by atoms with Crippen LogP contribution in [-0.2, 0) is 14.3 Å². The largest absolute Gasteiger partial charge is 0.481 e. The average molecular weight is 529 g/mol. The van der Waals surface area contributed by atoms with Crippen LogP contribution in [0.5, 0.6) is 0 Å². The van der Waals surface area contributed by atoms with Crippen LogP contribution in [0.1, 0.15) is 74.1 Å². The molecule has 4 fully saturated rings. The summed E-state index contributed by atoms with van der Waals surface area (Å²) in [7, 11) is 0. The van der Waals surface area contributed by atoms with Crippen LogP contribution in [0.25, 0.3) is 0 Å². The topological polar surface area (TPSA) is 63.6 Å². The van der Waals surface area contributed by atoms with E-state index in [9.17, 15) is 35.9 Å². The summed E-state index contributed by atoms with van der Waals surface area (Å²) in [6.45, 7) is 12.3. The molecule has 4 rings (SSSR count). The van der Waals surface area contributed by atoms with E-state index < -0.39 is 52.6 Å². The normalized spacial score (nSPS) is 43.8. The zero-order valence-corrected chi connectivity index (χ0v) is 21.9. The summed E-state index contributed by atoms with van der Waals surface area (Å²) in [6, 6.07) is 0. The minimum Gasteiger partial charge on any atom is -0.481 e. The SMILES string of the molecule is CC1C2CC(C1C)C(C(=O)O)(C(F)(F)F)C2.CC1C2CC(C1C)C(C(=O)OC(C)(C)C)(C(F)(F)F)C2. The molecule has 1 N–H and O–H groups in total. The molecular formula is C26H38F6O4. The van der Waals surface area contributed by atoms with E-state index in [4.69, 9.17) is 9.84 Å². The maximum Gasteiger partial charge on any atom is 0.405 e. The zero-order valence-electron chi connectivity index (χ0n) is 21.9. The molecule has 36 heavy (non-hydrogen) atoms. The third kappa shape index (κ3) is 4.22. The Hall–Kier alpha value is -1.48. The molecule has 0 spiro atoms. The molecule has 0 aromatic heterocycles. The van der Waals surface area contributed by atoms with Crippen LogP contribution in [0.2, 0.25) is 0 Å². The van der Waals surface area contributed by atoms with Gasteiger partial charge in [0, 0.05) is 0 Å². The molecule has 4 aliphatic carbocycles. The second kappa shape index (κ2) is 8.79. The number of rotatable bonds is 2. The minimum atomic E-state index is -4.63. The molecule has 4 aliphatic rings. The van der Waals surface area contributed by atoms with Gasteiger partial charge in [-0.15, -0.1) is 0 Å². The quantitative estimate of drug-likeness (QED) is 0.306. The van der Waals surface area contributed by atoms with Gasteiger partial charge in [-0.1, -0.05) is 27.7 Å². The highest BCUT2D eigenvalue weighted by atomic mass is 19.4. The Morgan fingerprint density at radius 2 is 1.08 bits per heavy atom. The molecule has 0 heterocycles. The van der Waals surface area contributed by atoms with Gasteiger partial charge in [-0.25, -0.2) is 0 Å². The van der Waals surface area contributed by atoms with Crippen LogP contribution in [0.15, 0.2) is 0 Å². The van der Waals surface area contributed by atoms with Gasteiger partial charge < -0.3 is 9.84 Å². The van der Waals surface area contributed by atoms with Crippen molar-refractivity contribution < 1.29 is 45.8 Å². The molecule has 0 amide bonds. The lowest BCUT2D eigenvalue weighted by molar-refractivity contribution is -0.258. The summed E-state index contributed by atoms with van der Waals surface area (Å²) < 4.78 is 85.4.